The van der Waals surface area contributed by atoms with Crippen molar-refractivity contribution in [3.05, 3.63) is 28.8 Å². The van der Waals surface area contributed by atoms with E-state index >= 15 is 0 Å². The Morgan fingerprint density at radius 2 is 2.15 bits per heavy atom. The SMILES string of the molecule is Cc1cc2c(cc1O)C[C@@H](N)CC2. The van der Waals surface area contributed by atoms with Crippen molar-refractivity contribution in [3.8, 4) is 5.75 Å². The Morgan fingerprint density at radius 1 is 1.38 bits per heavy atom. The average Bonchev–Trinajstić information content (AvgIpc) is 2.08. The molecule has 0 bridgehead atoms. The monoisotopic (exact) mass is 177 g/mol. The van der Waals surface area contributed by atoms with Crippen LogP contribution in [0.1, 0.15) is 23.1 Å². The number of benzene rings is 1. The van der Waals surface area contributed by atoms with Crippen LogP contribution >= 0.6 is 0 Å². The minimum atomic E-state index is 0.273. The minimum absolute atomic E-state index is 0.273. The predicted octanol–water partition coefficient (Wildman–Crippen LogP) is 1.52. The summed E-state index contributed by atoms with van der Waals surface area (Å²) in [6.07, 6.45) is 3.03. The van der Waals surface area contributed by atoms with Gasteiger partial charge in [-0.25, -0.2) is 0 Å². The largest absolute Gasteiger partial charge is 0.508 e. The van der Waals surface area contributed by atoms with E-state index in [4.69, 9.17) is 5.73 Å². The van der Waals surface area contributed by atoms with E-state index < -0.39 is 0 Å². The molecule has 0 aromatic heterocycles. The minimum Gasteiger partial charge on any atom is -0.508 e. The predicted molar refractivity (Wildman–Crippen MR) is 52.8 cm³/mol. The molecule has 1 aliphatic rings. The Kier molecular flexibility index (Phi) is 2.00. The van der Waals surface area contributed by atoms with Crippen molar-refractivity contribution in [1.29, 1.82) is 0 Å². The van der Waals surface area contributed by atoms with Gasteiger partial charge in [0, 0.05) is 6.04 Å². The maximum absolute atomic E-state index is 9.52. The number of nitrogens with two attached hydrogens (primary N) is 1. The molecule has 1 aliphatic carbocycles. The average molecular weight is 177 g/mol. The van der Waals surface area contributed by atoms with Crippen molar-refractivity contribution >= 4 is 0 Å². The summed E-state index contributed by atoms with van der Waals surface area (Å²) in [4.78, 5) is 0. The molecule has 2 heteroatoms. The van der Waals surface area contributed by atoms with Crippen molar-refractivity contribution in [2.45, 2.75) is 32.2 Å². The number of aromatic hydroxyl groups is 1. The van der Waals surface area contributed by atoms with Gasteiger partial charge in [0.25, 0.3) is 0 Å². The first-order valence-corrected chi connectivity index (χ1v) is 4.74. The van der Waals surface area contributed by atoms with E-state index in [9.17, 15) is 5.11 Å². The fourth-order valence-electron chi connectivity index (χ4n) is 1.95. The standard InChI is InChI=1S/C11H15NO/c1-7-4-8-2-3-10(12)5-9(8)6-11(7)13/h4,6,10,13H,2-3,5,12H2,1H3/t10-/m0/s1. The molecule has 0 radical (unpaired) electrons. The molecule has 2 rings (SSSR count). The number of aryl methyl sites for hydroxylation is 2. The molecule has 0 unspecified atom stereocenters. The van der Waals surface area contributed by atoms with E-state index in [1.54, 1.807) is 0 Å². The van der Waals surface area contributed by atoms with E-state index in [0.29, 0.717) is 5.75 Å². The van der Waals surface area contributed by atoms with Crippen LogP contribution in [0.3, 0.4) is 0 Å². The number of phenolic OH excluding ortho intramolecular Hbond substituents is 1. The highest BCUT2D eigenvalue weighted by molar-refractivity contribution is 5.42. The van der Waals surface area contributed by atoms with Crippen LogP contribution in [0, 0.1) is 6.92 Å². The molecule has 0 saturated heterocycles. The van der Waals surface area contributed by atoms with Gasteiger partial charge in [-0.15, -0.1) is 0 Å². The summed E-state index contributed by atoms with van der Waals surface area (Å²) in [5, 5.41) is 9.52. The lowest BCUT2D eigenvalue weighted by Crippen LogP contribution is -2.27. The molecule has 0 saturated carbocycles. The Balaban J connectivity index is 2.43. The molecule has 1 aromatic rings. The van der Waals surface area contributed by atoms with Gasteiger partial charge in [-0.05, 0) is 48.9 Å². The molecule has 0 amide bonds. The Hall–Kier alpha value is -1.02. The lowest BCUT2D eigenvalue weighted by atomic mass is 9.87. The Bertz CT molecular complexity index is 333. The molecule has 1 atom stereocenters. The zero-order valence-electron chi connectivity index (χ0n) is 7.88. The zero-order chi connectivity index (χ0) is 9.42. The first-order valence-electron chi connectivity index (χ1n) is 4.74. The number of hydrogen-bond acceptors (Lipinski definition) is 2. The Morgan fingerprint density at radius 3 is 2.92 bits per heavy atom. The van der Waals surface area contributed by atoms with E-state index in [2.05, 4.69) is 6.07 Å². The molecule has 3 N–H and O–H groups in total. The lowest BCUT2D eigenvalue weighted by molar-refractivity contribution is 0.467. The van der Waals surface area contributed by atoms with E-state index in [1.807, 2.05) is 13.0 Å². The first kappa shape index (κ1) is 8.57. The third-order valence-corrected chi connectivity index (χ3v) is 2.78. The molecule has 70 valence electrons. The van der Waals surface area contributed by atoms with Gasteiger partial charge in [-0.3, -0.25) is 0 Å². The van der Waals surface area contributed by atoms with Gasteiger partial charge < -0.3 is 10.8 Å². The van der Waals surface area contributed by atoms with Crippen molar-refractivity contribution < 1.29 is 5.11 Å². The number of fused-ring (bicyclic) bond motifs is 1. The zero-order valence-corrected chi connectivity index (χ0v) is 7.88. The normalized spacial score (nSPS) is 21.2. The fraction of sp³-hybridized carbons (Fsp3) is 0.455. The van der Waals surface area contributed by atoms with Crippen LogP contribution in [0.25, 0.3) is 0 Å². The van der Waals surface area contributed by atoms with Crippen LogP contribution in [0.5, 0.6) is 5.75 Å². The van der Waals surface area contributed by atoms with Crippen molar-refractivity contribution in [2.75, 3.05) is 0 Å². The quantitative estimate of drug-likeness (QED) is 0.631. The summed E-state index contributed by atoms with van der Waals surface area (Å²) >= 11 is 0. The summed E-state index contributed by atoms with van der Waals surface area (Å²) in [5.74, 6) is 0.396. The second-order valence-electron chi connectivity index (χ2n) is 3.91. The van der Waals surface area contributed by atoms with Gasteiger partial charge >= 0.3 is 0 Å². The summed E-state index contributed by atoms with van der Waals surface area (Å²) in [7, 11) is 0. The van der Waals surface area contributed by atoms with Crippen LogP contribution in [-0.4, -0.2) is 11.1 Å². The molecular weight excluding hydrogens is 162 g/mol. The summed E-state index contributed by atoms with van der Waals surface area (Å²) in [6.45, 7) is 1.93. The third-order valence-electron chi connectivity index (χ3n) is 2.78. The van der Waals surface area contributed by atoms with Crippen LogP contribution in [0.4, 0.5) is 0 Å². The van der Waals surface area contributed by atoms with Crippen LogP contribution in [-0.2, 0) is 12.8 Å². The van der Waals surface area contributed by atoms with E-state index in [1.165, 1.54) is 11.1 Å². The third kappa shape index (κ3) is 1.54. The molecule has 0 spiro atoms. The van der Waals surface area contributed by atoms with Crippen LogP contribution in [0.15, 0.2) is 12.1 Å². The number of phenols is 1. The molecule has 0 aliphatic heterocycles. The highest BCUT2D eigenvalue weighted by Crippen LogP contribution is 2.27. The van der Waals surface area contributed by atoms with Crippen molar-refractivity contribution in [1.82, 2.24) is 0 Å². The van der Waals surface area contributed by atoms with Crippen molar-refractivity contribution in [3.63, 3.8) is 0 Å². The van der Waals surface area contributed by atoms with Gasteiger partial charge in [-0.1, -0.05) is 6.07 Å². The maximum Gasteiger partial charge on any atom is 0.118 e. The van der Waals surface area contributed by atoms with Gasteiger partial charge in [0.2, 0.25) is 0 Å². The van der Waals surface area contributed by atoms with E-state index in [-0.39, 0.29) is 6.04 Å². The topological polar surface area (TPSA) is 46.2 Å². The van der Waals surface area contributed by atoms with Gasteiger partial charge in [0.05, 0.1) is 0 Å². The molecule has 0 heterocycles. The maximum atomic E-state index is 9.52. The van der Waals surface area contributed by atoms with Gasteiger partial charge in [0.15, 0.2) is 0 Å². The van der Waals surface area contributed by atoms with Gasteiger partial charge in [0.1, 0.15) is 5.75 Å². The second kappa shape index (κ2) is 3.04. The summed E-state index contributed by atoms with van der Waals surface area (Å²) < 4.78 is 0. The summed E-state index contributed by atoms with van der Waals surface area (Å²) in [5.41, 5.74) is 9.41. The highest BCUT2D eigenvalue weighted by Gasteiger charge is 2.16. The van der Waals surface area contributed by atoms with Crippen LogP contribution in [0.2, 0.25) is 0 Å². The lowest BCUT2D eigenvalue weighted by Gasteiger charge is -2.22. The molecule has 1 aromatic carbocycles. The molecule has 2 nitrogen and oxygen atoms in total. The smallest absolute Gasteiger partial charge is 0.118 e. The molecular formula is C11H15NO. The van der Waals surface area contributed by atoms with E-state index in [0.717, 1.165) is 24.8 Å². The second-order valence-corrected chi connectivity index (χ2v) is 3.91. The number of rotatable bonds is 0. The van der Waals surface area contributed by atoms with Crippen molar-refractivity contribution in [2.24, 2.45) is 5.73 Å². The van der Waals surface area contributed by atoms with Crippen LogP contribution < -0.4 is 5.73 Å². The molecule has 13 heavy (non-hydrogen) atoms. The van der Waals surface area contributed by atoms with Gasteiger partial charge in [-0.2, -0.15) is 0 Å². The summed E-state index contributed by atoms with van der Waals surface area (Å²) in [6, 6.07) is 4.22. The number of hydrogen-bond donors (Lipinski definition) is 2. The molecule has 0 fully saturated rings. The highest BCUT2D eigenvalue weighted by atomic mass is 16.3. The fourth-order valence-corrected chi connectivity index (χ4v) is 1.95. The first-order chi connectivity index (χ1) is 6.16. The Labute approximate surface area is 78.4 Å².